The fourth-order valence-electron chi connectivity index (χ4n) is 1.08. The number of nitrogens with one attached hydrogen (secondary N) is 1. The second-order valence-electron chi connectivity index (χ2n) is 2.56. The smallest absolute Gasteiger partial charge is 0.131 e. The molecule has 0 aromatic heterocycles. The number of hydrazine groups is 1. The first-order valence-electron chi connectivity index (χ1n) is 3.84. The van der Waals surface area contributed by atoms with Gasteiger partial charge in [0, 0.05) is 0 Å². The quantitative estimate of drug-likeness (QED) is 0.711. The van der Waals surface area contributed by atoms with E-state index in [4.69, 9.17) is 4.84 Å². The van der Waals surface area contributed by atoms with Crippen molar-refractivity contribution in [1.82, 2.24) is 10.6 Å². The fourth-order valence-corrected chi connectivity index (χ4v) is 1.08. The molecule has 2 rings (SSSR count). The third kappa shape index (κ3) is 1.57. The first kappa shape index (κ1) is 7.18. The van der Waals surface area contributed by atoms with Crippen molar-refractivity contribution in [2.75, 3.05) is 0 Å². The van der Waals surface area contributed by atoms with Crippen molar-refractivity contribution in [2.45, 2.75) is 6.54 Å². The van der Waals surface area contributed by atoms with Gasteiger partial charge in [0.25, 0.3) is 0 Å². The van der Waals surface area contributed by atoms with E-state index >= 15 is 0 Å². The third-order valence-corrected chi connectivity index (χ3v) is 1.64. The molecule has 1 aromatic carbocycles. The maximum Gasteiger partial charge on any atom is 0.131 e. The minimum atomic E-state index is 0.744. The zero-order valence-electron chi connectivity index (χ0n) is 6.60. The van der Waals surface area contributed by atoms with E-state index in [1.165, 1.54) is 5.56 Å². The Bertz CT molecular complexity index is 263. The van der Waals surface area contributed by atoms with Crippen LogP contribution in [-0.2, 0) is 11.4 Å². The zero-order valence-corrected chi connectivity index (χ0v) is 6.60. The SMILES string of the molecule is C1=CON(Cc2ccccc2)N1. The van der Waals surface area contributed by atoms with Crippen molar-refractivity contribution in [3.05, 3.63) is 48.4 Å². The largest absolute Gasteiger partial charge is 0.392 e. The van der Waals surface area contributed by atoms with Gasteiger partial charge in [-0.15, -0.1) is 0 Å². The van der Waals surface area contributed by atoms with E-state index < -0.39 is 0 Å². The molecule has 1 heterocycles. The molecule has 0 fully saturated rings. The lowest BCUT2D eigenvalue weighted by molar-refractivity contribution is -0.121. The number of hydrogen-bond donors (Lipinski definition) is 1. The average Bonchev–Trinajstić information content (AvgIpc) is 2.59. The van der Waals surface area contributed by atoms with Crippen LogP contribution in [0, 0.1) is 0 Å². The highest BCUT2D eigenvalue weighted by molar-refractivity contribution is 5.14. The maximum atomic E-state index is 5.10. The molecule has 3 nitrogen and oxygen atoms in total. The molecular weight excluding hydrogens is 152 g/mol. The fraction of sp³-hybridized carbons (Fsp3) is 0.111. The predicted molar refractivity (Wildman–Crippen MR) is 45.3 cm³/mol. The van der Waals surface area contributed by atoms with Crippen LogP contribution >= 0.6 is 0 Å². The highest BCUT2D eigenvalue weighted by atomic mass is 16.7. The van der Waals surface area contributed by atoms with Gasteiger partial charge in [0.2, 0.25) is 0 Å². The summed E-state index contributed by atoms with van der Waals surface area (Å²) in [5.74, 6) is 0. The molecule has 0 saturated heterocycles. The van der Waals surface area contributed by atoms with Crippen molar-refractivity contribution >= 4 is 0 Å². The standard InChI is InChI=1S/C9H10N2O/c1-2-4-9(5-3-1)8-11-10-6-7-12-11/h1-7,10H,8H2. The molecule has 0 saturated carbocycles. The molecule has 1 N–H and O–H groups in total. The molecule has 12 heavy (non-hydrogen) atoms. The lowest BCUT2D eigenvalue weighted by atomic mass is 10.2. The Morgan fingerprint density at radius 2 is 2.08 bits per heavy atom. The van der Waals surface area contributed by atoms with Gasteiger partial charge >= 0.3 is 0 Å². The molecule has 0 atom stereocenters. The summed E-state index contributed by atoms with van der Waals surface area (Å²) >= 11 is 0. The van der Waals surface area contributed by atoms with Gasteiger partial charge in [0.05, 0.1) is 12.7 Å². The topological polar surface area (TPSA) is 24.5 Å². The zero-order chi connectivity index (χ0) is 8.23. The van der Waals surface area contributed by atoms with E-state index in [1.54, 1.807) is 17.6 Å². The van der Waals surface area contributed by atoms with E-state index in [0.29, 0.717) is 0 Å². The van der Waals surface area contributed by atoms with Gasteiger partial charge in [-0.2, -0.15) is 0 Å². The number of hydrogen-bond acceptors (Lipinski definition) is 3. The Hall–Kier alpha value is -1.48. The Balaban J connectivity index is 1.95. The molecule has 1 aliphatic heterocycles. The Morgan fingerprint density at radius 1 is 1.25 bits per heavy atom. The maximum absolute atomic E-state index is 5.10. The Morgan fingerprint density at radius 3 is 2.75 bits per heavy atom. The predicted octanol–water partition coefficient (Wildman–Crippen LogP) is 1.41. The molecule has 0 amide bonds. The highest BCUT2D eigenvalue weighted by Crippen LogP contribution is 2.05. The van der Waals surface area contributed by atoms with Crippen LogP contribution < -0.4 is 5.43 Å². The van der Waals surface area contributed by atoms with Crippen LogP contribution in [0.25, 0.3) is 0 Å². The van der Waals surface area contributed by atoms with Crippen LogP contribution in [0.15, 0.2) is 42.8 Å². The van der Waals surface area contributed by atoms with E-state index in [2.05, 4.69) is 17.6 Å². The van der Waals surface area contributed by atoms with Gasteiger partial charge in [0.15, 0.2) is 0 Å². The lowest BCUT2D eigenvalue weighted by Gasteiger charge is -2.13. The summed E-state index contributed by atoms with van der Waals surface area (Å²) in [6, 6.07) is 10.1. The summed E-state index contributed by atoms with van der Waals surface area (Å²) in [6.45, 7) is 0.744. The molecule has 62 valence electrons. The molecule has 0 spiro atoms. The van der Waals surface area contributed by atoms with Gasteiger partial charge in [-0.05, 0) is 5.56 Å². The summed E-state index contributed by atoms with van der Waals surface area (Å²) in [6.07, 6.45) is 3.37. The summed E-state index contributed by atoms with van der Waals surface area (Å²) in [4.78, 5) is 5.10. The summed E-state index contributed by atoms with van der Waals surface area (Å²) < 4.78 is 0. The summed E-state index contributed by atoms with van der Waals surface area (Å²) in [5.41, 5.74) is 4.15. The lowest BCUT2D eigenvalue weighted by Crippen LogP contribution is -2.27. The molecule has 0 unspecified atom stereocenters. The van der Waals surface area contributed by atoms with E-state index in [9.17, 15) is 0 Å². The van der Waals surface area contributed by atoms with Crippen LogP contribution in [0.4, 0.5) is 0 Å². The van der Waals surface area contributed by atoms with Crippen molar-refractivity contribution in [3.8, 4) is 0 Å². The van der Waals surface area contributed by atoms with Crippen LogP contribution in [0.3, 0.4) is 0 Å². The van der Waals surface area contributed by atoms with Crippen LogP contribution in [-0.4, -0.2) is 5.17 Å². The second kappa shape index (κ2) is 3.28. The molecular formula is C9H10N2O. The molecule has 3 heteroatoms. The highest BCUT2D eigenvalue weighted by Gasteiger charge is 2.06. The van der Waals surface area contributed by atoms with Crippen molar-refractivity contribution in [1.29, 1.82) is 0 Å². The average molecular weight is 162 g/mol. The van der Waals surface area contributed by atoms with Gasteiger partial charge in [-0.3, -0.25) is 5.43 Å². The van der Waals surface area contributed by atoms with Gasteiger partial charge in [-0.1, -0.05) is 35.5 Å². The minimum Gasteiger partial charge on any atom is -0.392 e. The number of hydroxylamine groups is 1. The van der Waals surface area contributed by atoms with Gasteiger partial charge < -0.3 is 4.84 Å². The summed E-state index contributed by atoms with van der Waals surface area (Å²) in [7, 11) is 0. The molecule has 0 radical (unpaired) electrons. The van der Waals surface area contributed by atoms with E-state index in [-0.39, 0.29) is 0 Å². The number of nitrogens with zero attached hydrogens (tertiary/aromatic N) is 1. The minimum absolute atomic E-state index is 0.744. The third-order valence-electron chi connectivity index (χ3n) is 1.64. The van der Waals surface area contributed by atoms with Gasteiger partial charge in [0.1, 0.15) is 6.26 Å². The Kier molecular flexibility index (Phi) is 1.96. The van der Waals surface area contributed by atoms with Gasteiger partial charge in [-0.25, -0.2) is 0 Å². The Labute approximate surface area is 71.2 Å². The normalized spacial score (nSPS) is 15.7. The van der Waals surface area contributed by atoms with Crippen molar-refractivity contribution in [3.63, 3.8) is 0 Å². The summed E-state index contributed by atoms with van der Waals surface area (Å²) in [5, 5.41) is 1.66. The van der Waals surface area contributed by atoms with E-state index in [0.717, 1.165) is 6.54 Å². The molecule has 1 aliphatic rings. The number of benzene rings is 1. The monoisotopic (exact) mass is 162 g/mol. The van der Waals surface area contributed by atoms with Crippen LogP contribution in [0.2, 0.25) is 0 Å². The molecule has 0 aliphatic carbocycles. The van der Waals surface area contributed by atoms with E-state index in [1.807, 2.05) is 18.2 Å². The molecule has 1 aromatic rings. The first-order chi connectivity index (χ1) is 5.95. The van der Waals surface area contributed by atoms with Crippen molar-refractivity contribution < 1.29 is 4.84 Å². The van der Waals surface area contributed by atoms with Crippen molar-refractivity contribution in [2.24, 2.45) is 0 Å². The number of rotatable bonds is 2. The first-order valence-corrected chi connectivity index (χ1v) is 3.84. The van der Waals surface area contributed by atoms with Crippen LogP contribution in [0.1, 0.15) is 5.56 Å². The molecule has 0 bridgehead atoms. The second-order valence-corrected chi connectivity index (χ2v) is 2.56. The van der Waals surface area contributed by atoms with Crippen LogP contribution in [0.5, 0.6) is 0 Å².